The molecule has 0 atom stereocenters. The molecule has 0 aliphatic heterocycles. The van der Waals surface area contributed by atoms with Gasteiger partial charge >= 0.3 is 0 Å². The van der Waals surface area contributed by atoms with Crippen molar-refractivity contribution >= 4 is 11.9 Å². The highest BCUT2D eigenvalue weighted by Crippen LogP contribution is 2.14. The summed E-state index contributed by atoms with van der Waals surface area (Å²) in [6, 6.07) is 5.50. The zero-order chi connectivity index (χ0) is 14.7. The Morgan fingerprint density at radius 1 is 1.33 bits per heavy atom. The standard InChI is InChI=1S/C12H14N8O/c1-19(8-9-4-2-7-21-9)11-15-10(18-13)16-12(17-11)20-6-3-5-14-20/h2-7H,8,13H2,1H3,(H,15,16,17,18). The second kappa shape index (κ2) is 5.59. The van der Waals surface area contributed by atoms with Crippen LogP contribution in [0.5, 0.6) is 0 Å². The minimum Gasteiger partial charge on any atom is -0.467 e. The second-order valence-corrected chi connectivity index (χ2v) is 4.29. The predicted octanol–water partition coefficient (Wildman–Crippen LogP) is 0.572. The average molecular weight is 286 g/mol. The molecule has 0 spiro atoms. The lowest BCUT2D eigenvalue weighted by Gasteiger charge is -2.16. The summed E-state index contributed by atoms with van der Waals surface area (Å²) in [5.41, 5.74) is 2.43. The number of hydrogen-bond acceptors (Lipinski definition) is 8. The van der Waals surface area contributed by atoms with Gasteiger partial charge in [-0.3, -0.25) is 5.43 Å². The van der Waals surface area contributed by atoms with Crippen LogP contribution in [0.25, 0.3) is 5.95 Å². The lowest BCUT2D eigenvalue weighted by atomic mass is 10.4. The number of hydrazine groups is 1. The van der Waals surface area contributed by atoms with Gasteiger partial charge in [-0.25, -0.2) is 10.5 Å². The Hall–Kier alpha value is -2.94. The maximum Gasteiger partial charge on any atom is 0.257 e. The second-order valence-electron chi connectivity index (χ2n) is 4.29. The molecule has 0 saturated heterocycles. The Bertz CT molecular complexity index is 694. The van der Waals surface area contributed by atoms with Crippen LogP contribution in [-0.4, -0.2) is 31.8 Å². The molecule has 0 radical (unpaired) electrons. The molecular weight excluding hydrogens is 272 g/mol. The maximum atomic E-state index is 5.41. The molecule has 3 aromatic heterocycles. The molecule has 21 heavy (non-hydrogen) atoms. The molecule has 0 aliphatic carbocycles. The zero-order valence-corrected chi connectivity index (χ0v) is 11.3. The molecule has 9 nitrogen and oxygen atoms in total. The van der Waals surface area contributed by atoms with E-state index in [1.165, 1.54) is 4.68 Å². The molecule has 0 saturated carbocycles. The van der Waals surface area contributed by atoms with Crippen molar-refractivity contribution in [2.45, 2.75) is 6.54 Å². The predicted molar refractivity (Wildman–Crippen MR) is 75.6 cm³/mol. The van der Waals surface area contributed by atoms with E-state index in [0.717, 1.165) is 5.76 Å². The molecule has 9 heteroatoms. The third-order valence-corrected chi connectivity index (χ3v) is 2.76. The maximum absolute atomic E-state index is 5.41. The Morgan fingerprint density at radius 3 is 2.90 bits per heavy atom. The van der Waals surface area contributed by atoms with E-state index in [-0.39, 0.29) is 5.95 Å². The minimum absolute atomic E-state index is 0.261. The summed E-state index contributed by atoms with van der Waals surface area (Å²) in [5, 5.41) is 4.10. The summed E-state index contributed by atoms with van der Waals surface area (Å²) in [7, 11) is 1.85. The molecule has 3 heterocycles. The van der Waals surface area contributed by atoms with Crippen LogP contribution in [0.3, 0.4) is 0 Å². The van der Waals surface area contributed by atoms with E-state index in [9.17, 15) is 0 Å². The van der Waals surface area contributed by atoms with Gasteiger partial charge in [-0.1, -0.05) is 0 Å². The number of anilines is 2. The Labute approximate surface area is 120 Å². The molecule has 0 fully saturated rings. The van der Waals surface area contributed by atoms with Crippen LogP contribution in [0.4, 0.5) is 11.9 Å². The van der Waals surface area contributed by atoms with Crippen LogP contribution in [0.2, 0.25) is 0 Å². The van der Waals surface area contributed by atoms with E-state index in [1.807, 2.05) is 24.1 Å². The summed E-state index contributed by atoms with van der Waals surface area (Å²) in [5.74, 6) is 7.31. The Kier molecular flexibility index (Phi) is 3.48. The largest absolute Gasteiger partial charge is 0.467 e. The molecule has 0 aliphatic rings. The summed E-state index contributed by atoms with van der Waals surface area (Å²) >= 11 is 0. The van der Waals surface area contributed by atoms with E-state index in [2.05, 4.69) is 25.5 Å². The van der Waals surface area contributed by atoms with Crippen molar-refractivity contribution in [2.24, 2.45) is 5.84 Å². The fraction of sp³-hybridized carbons (Fsp3) is 0.167. The number of furan rings is 1. The Morgan fingerprint density at radius 2 is 2.24 bits per heavy atom. The van der Waals surface area contributed by atoms with Crippen LogP contribution < -0.4 is 16.2 Å². The van der Waals surface area contributed by atoms with Gasteiger partial charge in [0.1, 0.15) is 5.76 Å². The van der Waals surface area contributed by atoms with E-state index in [4.69, 9.17) is 10.3 Å². The lowest BCUT2D eigenvalue weighted by Crippen LogP contribution is -2.22. The third kappa shape index (κ3) is 2.82. The van der Waals surface area contributed by atoms with Crippen molar-refractivity contribution in [1.82, 2.24) is 24.7 Å². The van der Waals surface area contributed by atoms with E-state index >= 15 is 0 Å². The van der Waals surface area contributed by atoms with Gasteiger partial charge in [0, 0.05) is 19.4 Å². The van der Waals surface area contributed by atoms with Crippen LogP contribution in [0.15, 0.2) is 41.3 Å². The number of nitrogen functional groups attached to an aromatic ring is 1. The Balaban J connectivity index is 1.92. The monoisotopic (exact) mass is 286 g/mol. The van der Waals surface area contributed by atoms with Crippen LogP contribution in [-0.2, 0) is 6.54 Å². The van der Waals surface area contributed by atoms with Gasteiger partial charge in [0.05, 0.1) is 12.8 Å². The van der Waals surface area contributed by atoms with Gasteiger partial charge < -0.3 is 9.32 Å². The first kappa shape index (κ1) is 13.1. The number of nitrogens with one attached hydrogen (secondary N) is 1. The van der Waals surface area contributed by atoms with Gasteiger partial charge in [-0.15, -0.1) is 0 Å². The summed E-state index contributed by atoms with van der Waals surface area (Å²) in [6.45, 7) is 0.527. The van der Waals surface area contributed by atoms with Crippen LogP contribution in [0, 0.1) is 0 Å². The molecule has 3 aromatic rings. The van der Waals surface area contributed by atoms with E-state index in [0.29, 0.717) is 18.4 Å². The average Bonchev–Trinajstić information content (AvgIpc) is 3.20. The first-order valence-corrected chi connectivity index (χ1v) is 6.22. The molecular formula is C12H14N8O. The van der Waals surface area contributed by atoms with Gasteiger partial charge in [-0.2, -0.15) is 20.1 Å². The van der Waals surface area contributed by atoms with Crippen molar-refractivity contribution in [3.8, 4) is 5.95 Å². The number of hydrogen-bond donors (Lipinski definition) is 2. The van der Waals surface area contributed by atoms with Gasteiger partial charge in [-0.05, 0) is 18.2 Å². The molecule has 0 aromatic carbocycles. The van der Waals surface area contributed by atoms with Crippen molar-refractivity contribution in [3.63, 3.8) is 0 Å². The fourth-order valence-electron chi connectivity index (χ4n) is 1.79. The lowest BCUT2D eigenvalue weighted by molar-refractivity contribution is 0.506. The topological polar surface area (TPSA) is 111 Å². The molecule has 3 rings (SSSR count). The smallest absolute Gasteiger partial charge is 0.257 e. The SMILES string of the molecule is CN(Cc1ccco1)c1nc(NN)nc(-n2cccn2)n1. The normalized spacial score (nSPS) is 10.6. The van der Waals surface area contributed by atoms with Gasteiger partial charge in [0.2, 0.25) is 11.9 Å². The van der Waals surface area contributed by atoms with Crippen LogP contribution >= 0.6 is 0 Å². The number of aromatic nitrogens is 5. The van der Waals surface area contributed by atoms with Crippen LogP contribution in [0.1, 0.15) is 5.76 Å². The van der Waals surface area contributed by atoms with E-state index in [1.54, 1.807) is 24.7 Å². The number of nitrogens with zero attached hydrogens (tertiary/aromatic N) is 6. The van der Waals surface area contributed by atoms with Gasteiger partial charge in [0.15, 0.2) is 0 Å². The minimum atomic E-state index is 0.261. The highest BCUT2D eigenvalue weighted by Gasteiger charge is 2.12. The summed E-state index contributed by atoms with van der Waals surface area (Å²) in [4.78, 5) is 14.6. The number of nitrogens with two attached hydrogens (primary N) is 1. The molecule has 108 valence electrons. The summed E-state index contributed by atoms with van der Waals surface area (Å²) in [6.07, 6.45) is 5.01. The zero-order valence-electron chi connectivity index (χ0n) is 11.3. The molecule has 0 unspecified atom stereocenters. The number of rotatable bonds is 5. The van der Waals surface area contributed by atoms with Crippen molar-refractivity contribution in [1.29, 1.82) is 0 Å². The van der Waals surface area contributed by atoms with Crippen molar-refractivity contribution < 1.29 is 4.42 Å². The molecule has 0 bridgehead atoms. The first-order valence-electron chi connectivity index (χ1n) is 6.22. The summed E-state index contributed by atoms with van der Waals surface area (Å²) < 4.78 is 6.85. The fourth-order valence-corrected chi connectivity index (χ4v) is 1.79. The first-order chi connectivity index (χ1) is 10.3. The van der Waals surface area contributed by atoms with Gasteiger partial charge in [0.25, 0.3) is 5.95 Å². The van der Waals surface area contributed by atoms with E-state index < -0.39 is 0 Å². The molecule has 3 N–H and O–H groups in total. The van der Waals surface area contributed by atoms with Crippen molar-refractivity contribution in [2.75, 3.05) is 17.4 Å². The highest BCUT2D eigenvalue weighted by molar-refractivity contribution is 5.39. The molecule has 0 amide bonds. The highest BCUT2D eigenvalue weighted by atomic mass is 16.3. The third-order valence-electron chi connectivity index (χ3n) is 2.76. The van der Waals surface area contributed by atoms with Crippen molar-refractivity contribution in [3.05, 3.63) is 42.6 Å². The quantitative estimate of drug-likeness (QED) is 0.517.